The molecule has 11 aromatic rings. The number of benzene rings is 9. The molecule has 0 unspecified atom stereocenters. The van der Waals surface area contributed by atoms with Crippen molar-refractivity contribution in [2.45, 2.75) is 19.6 Å². The van der Waals surface area contributed by atoms with Gasteiger partial charge in [-0.15, -0.1) is 0 Å². The van der Waals surface area contributed by atoms with Gasteiger partial charge in [0.1, 0.15) is 22.3 Å². The van der Waals surface area contributed by atoms with Crippen molar-refractivity contribution in [1.29, 1.82) is 0 Å². The van der Waals surface area contributed by atoms with Gasteiger partial charge in [-0.05, 0) is 107 Å². The molecule has 2 heterocycles. The van der Waals surface area contributed by atoms with E-state index in [1.807, 2.05) is 12.1 Å². The highest BCUT2D eigenvalue weighted by molar-refractivity contribution is 6.88. The molecule has 4 nitrogen and oxygen atoms in total. The van der Waals surface area contributed by atoms with E-state index in [0.717, 1.165) is 88.8 Å². The highest BCUT2D eigenvalue weighted by Crippen LogP contribution is 2.46. The zero-order chi connectivity index (χ0) is 39.0. The normalized spacial score (nSPS) is 12.1. The summed E-state index contributed by atoms with van der Waals surface area (Å²) in [6, 6.07) is 67.3. The summed E-state index contributed by atoms with van der Waals surface area (Å²) in [5.74, 6) is 0. The van der Waals surface area contributed by atoms with Gasteiger partial charge in [-0.25, -0.2) is 0 Å². The molecule has 0 saturated carbocycles. The van der Waals surface area contributed by atoms with Crippen molar-refractivity contribution < 1.29 is 8.83 Å². The number of rotatable bonds is 7. The zero-order valence-corrected chi connectivity index (χ0v) is 33.6. The minimum absolute atomic E-state index is 0.862. The van der Waals surface area contributed by atoms with Gasteiger partial charge in [0.05, 0.1) is 8.07 Å². The van der Waals surface area contributed by atoms with Crippen LogP contribution in [0.25, 0.3) is 65.4 Å². The van der Waals surface area contributed by atoms with Crippen molar-refractivity contribution in [3.8, 4) is 0 Å². The second-order valence-electron chi connectivity index (χ2n) is 16.2. The quantitative estimate of drug-likeness (QED) is 0.120. The summed E-state index contributed by atoms with van der Waals surface area (Å²) in [4.78, 5) is 4.66. The SMILES string of the molecule is C[Si](C)(C)c1ccc(N(c2ccccc2)c2ccc3c(c2)oc2c4ccc(N(c5ccccc5)c5ccc6oc7ccccc7c6c5)cc4c4ccccc4c32)cc1. The van der Waals surface area contributed by atoms with E-state index in [1.165, 1.54) is 16.0 Å². The number of fused-ring (bicyclic) bond motifs is 11. The van der Waals surface area contributed by atoms with E-state index in [1.54, 1.807) is 0 Å². The van der Waals surface area contributed by atoms with Crippen molar-refractivity contribution in [3.63, 3.8) is 0 Å². The first-order valence-corrected chi connectivity index (χ1v) is 23.4. The van der Waals surface area contributed by atoms with Gasteiger partial charge < -0.3 is 18.6 Å². The fourth-order valence-electron chi connectivity index (χ4n) is 8.72. The maximum Gasteiger partial charge on any atom is 0.143 e. The van der Waals surface area contributed by atoms with Crippen LogP contribution in [0.1, 0.15) is 0 Å². The first-order chi connectivity index (χ1) is 28.4. The van der Waals surface area contributed by atoms with Crippen LogP contribution in [0.5, 0.6) is 0 Å². The average molecular weight is 765 g/mol. The van der Waals surface area contributed by atoms with Gasteiger partial charge in [0.25, 0.3) is 0 Å². The Balaban J connectivity index is 1.09. The molecule has 2 aromatic heterocycles. The molecule has 11 rings (SSSR count). The maximum absolute atomic E-state index is 7.00. The second-order valence-corrected chi connectivity index (χ2v) is 21.3. The molecule has 0 atom stereocenters. The second kappa shape index (κ2) is 13.3. The molecule has 5 heteroatoms. The van der Waals surface area contributed by atoms with E-state index in [-0.39, 0.29) is 0 Å². The summed E-state index contributed by atoms with van der Waals surface area (Å²) in [7, 11) is -1.45. The van der Waals surface area contributed by atoms with Gasteiger partial charge in [0.2, 0.25) is 0 Å². The molecule has 58 heavy (non-hydrogen) atoms. The molecule has 0 amide bonds. The predicted molar refractivity (Wildman–Crippen MR) is 248 cm³/mol. The molecular formula is C53H40N2O2Si. The molecule has 0 spiro atoms. The fraction of sp³-hybridized carbons (Fsp3) is 0.0566. The average Bonchev–Trinajstić information content (AvgIpc) is 3.83. The van der Waals surface area contributed by atoms with Gasteiger partial charge in [0.15, 0.2) is 0 Å². The number of hydrogen-bond donors (Lipinski definition) is 0. The Labute approximate surface area is 337 Å². The Kier molecular flexibility index (Phi) is 7.82. The molecular weight excluding hydrogens is 725 g/mol. The van der Waals surface area contributed by atoms with E-state index in [0.29, 0.717) is 0 Å². The number of hydrogen-bond acceptors (Lipinski definition) is 4. The lowest BCUT2D eigenvalue weighted by atomic mass is 9.96. The molecule has 0 bridgehead atoms. The Bertz CT molecular complexity index is 3330. The number of nitrogens with zero attached hydrogens (tertiary/aromatic N) is 2. The Hall–Kier alpha value is -7.08. The van der Waals surface area contributed by atoms with Gasteiger partial charge >= 0.3 is 0 Å². The minimum Gasteiger partial charge on any atom is -0.456 e. The van der Waals surface area contributed by atoms with Crippen LogP contribution in [-0.2, 0) is 0 Å². The third-order valence-corrected chi connectivity index (χ3v) is 13.6. The van der Waals surface area contributed by atoms with Crippen LogP contribution in [0, 0.1) is 0 Å². The Morgan fingerprint density at radius 3 is 1.52 bits per heavy atom. The first kappa shape index (κ1) is 34.2. The van der Waals surface area contributed by atoms with Gasteiger partial charge in [-0.2, -0.15) is 0 Å². The van der Waals surface area contributed by atoms with Crippen molar-refractivity contribution in [1.82, 2.24) is 0 Å². The summed E-state index contributed by atoms with van der Waals surface area (Å²) in [5, 5.41) is 10.5. The van der Waals surface area contributed by atoms with Crippen LogP contribution in [0.3, 0.4) is 0 Å². The van der Waals surface area contributed by atoms with Crippen LogP contribution in [0.4, 0.5) is 34.1 Å². The summed E-state index contributed by atoms with van der Waals surface area (Å²) >= 11 is 0. The van der Waals surface area contributed by atoms with Crippen molar-refractivity contribution in [2.24, 2.45) is 0 Å². The van der Waals surface area contributed by atoms with Gasteiger partial charge in [-0.3, -0.25) is 0 Å². The summed E-state index contributed by atoms with van der Waals surface area (Å²) in [6.07, 6.45) is 0. The molecule has 0 aliphatic rings. The number of para-hydroxylation sites is 3. The lowest BCUT2D eigenvalue weighted by Gasteiger charge is -2.26. The molecule has 9 aromatic carbocycles. The van der Waals surface area contributed by atoms with Crippen molar-refractivity contribution >= 4 is 113 Å². The van der Waals surface area contributed by atoms with E-state index in [4.69, 9.17) is 8.83 Å². The fourth-order valence-corrected chi connectivity index (χ4v) is 9.89. The van der Waals surface area contributed by atoms with E-state index in [2.05, 4.69) is 205 Å². The molecule has 0 fully saturated rings. The Morgan fingerprint density at radius 2 is 0.828 bits per heavy atom. The van der Waals surface area contributed by atoms with Crippen LogP contribution < -0.4 is 15.0 Å². The highest BCUT2D eigenvalue weighted by Gasteiger charge is 2.22. The molecule has 0 saturated heterocycles. The van der Waals surface area contributed by atoms with E-state index >= 15 is 0 Å². The lowest BCUT2D eigenvalue weighted by Crippen LogP contribution is -2.37. The van der Waals surface area contributed by atoms with Gasteiger partial charge in [-0.1, -0.05) is 116 Å². The third kappa shape index (κ3) is 5.58. The zero-order valence-electron chi connectivity index (χ0n) is 32.6. The topological polar surface area (TPSA) is 32.8 Å². The number of anilines is 6. The van der Waals surface area contributed by atoms with Crippen LogP contribution >= 0.6 is 0 Å². The van der Waals surface area contributed by atoms with E-state index in [9.17, 15) is 0 Å². The third-order valence-electron chi connectivity index (χ3n) is 11.6. The Morgan fingerprint density at radius 1 is 0.328 bits per heavy atom. The lowest BCUT2D eigenvalue weighted by molar-refractivity contribution is 0.669. The summed E-state index contributed by atoms with van der Waals surface area (Å²) < 4.78 is 13.2. The molecule has 0 aliphatic carbocycles. The minimum atomic E-state index is -1.45. The predicted octanol–water partition coefficient (Wildman–Crippen LogP) is 15.3. The summed E-state index contributed by atoms with van der Waals surface area (Å²) in [6.45, 7) is 7.18. The molecule has 0 aliphatic heterocycles. The molecule has 278 valence electrons. The van der Waals surface area contributed by atoms with Crippen molar-refractivity contribution in [2.75, 3.05) is 9.80 Å². The summed E-state index contributed by atoms with van der Waals surface area (Å²) in [5.41, 5.74) is 10.0. The molecule has 0 N–H and O–H groups in total. The van der Waals surface area contributed by atoms with Crippen LogP contribution in [0.15, 0.2) is 197 Å². The first-order valence-electron chi connectivity index (χ1n) is 19.9. The van der Waals surface area contributed by atoms with Crippen molar-refractivity contribution in [3.05, 3.63) is 188 Å². The van der Waals surface area contributed by atoms with Crippen LogP contribution in [-0.4, -0.2) is 8.07 Å². The largest absolute Gasteiger partial charge is 0.456 e. The highest BCUT2D eigenvalue weighted by atomic mass is 28.3. The molecule has 0 radical (unpaired) electrons. The number of furan rings is 2. The maximum atomic E-state index is 7.00. The van der Waals surface area contributed by atoms with E-state index < -0.39 is 8.07 Å². The monoisotopic (exact) mass is 764 g/mol. The van der Waals surface area contributed by atoms with Gasteiger partial charge in [0, 0.05) is 67.1 Å². The smallest absolute Gasteiger partial charge is 0.143 e. The standard InChI is InChI=1S/C53H40N2O2Si/c1-58(2,3)41-27-22-37(23-28-41)54(35-14-6-4-7-15-35)40-25-30-46-51(34-40)57-53-45-29-24-38(32-47(45)42-18-10-11-20-44(42)52(46)53)55(36-16-8-5-9-17-36)39-26-31-50-48(33-39)43-19-12-13-21-49(43)56-50/h4-34H,1-3H3. The van der Waals surface area contributed by atoms with Crippen LogP contribution in [0.2, 0.25) is 19.6 Å².